The Morgan fingerprint density at radius 3 is 2.58 bits per heavy atom. The van der Waals surface area contributed by atoms with Gasteiger partial charge < -0.3 is 20.3 Å². The Balaban J connectivity index is 0.00000385. The first-order valence-corrected chi connectivity index (χ1v) is 11.5. The van der Waals surface area contributed by atoms with Crippen molar-refractivity contribution >= 4 is 35.8 Å². The molecule has 1 atom stereocenters. The number of nitrogens with one attached hydrogen (secondary N) is 2. The summed E-state index contributed by atoms with van der Waals surface area (Å²) in [7, 11) is 1.77. The third kappa shape index (κ3) is 8.87. The van der Waals surface area contributed by atoms with E-state index in [0.717, 1.165) is 43.3 Å². The first-order chi connectivity index (χ1) is 15.5. The largest absolute Gasteiger partial charge is 0.493 e. The molecule has 33 heavy (non-hydrogen) atoms. The van der Waals surface area contributed by atoms with E-state index in [1.807, 2.05) is 41.3 Å². The lowest BCUT2D eigenvalue weighted by molar-refractivity contribution is -0.127. The number of ether oxygens (including phenoxy) is 1. The SMILES string of the molecule is CN=C(NCc1ccccc1OCC(C)C)NCC1CC(=O)N(CCc2ccccc2)C1.I. The highest BCUT2D eigenvalue weighted by Crippen LogP contribution is 2.19. The zero-order valence-electron chi connectivity index (χ0n) is 19.9. The van der Waals surface area contributed by atoms with E-state index in [1.165, 1.54) is 5.56 Å². The molecule has 1 aliphatic rings. The van der Waals surface area contributed by atoms with Gasteiger partial charge in [-0.15, -0.1) is 24.0 Å². The van der Waals surface area contributed by atoms with Crippen molar-refractivity contribution < 1.29 is 9.53 Å². The molecule has 2 aromatic carbocycles. The molecule has 0 aliphatic carbocycles. The number of hydrogen-bond donors (Lipinski definition) is 2. The van der Waals surface area contributed by atoms with Gasteiger partial charge in [-0.05, 0) is 24.0 Å². The molecule has 1 saturated heterocycles. The third-order valence-corrected chi connectivity index (χ3v) is 5.58. The van der Waals surface area contributed by atoms with E-state index >= 15 is 0 Å². The average Bonchev–Trinajstić information content (AvgIpc) is 3.17. The Morgan fingerprint density at radius 2 is 1.85 bits per heavy atom. The van der Waals surface area contributed by atoms with Crippen molar-refractivity contribution in [3.63, 3.8) is 0 Å². The molecule has 180 valence electrons. The van der Waals surface area contributed by atoms with E-state index < -0.39 is 0 Å². The van der Waals surface area contributed by atoms with Crippen molar-refractivity contribution in [2.75, 3.05) is 33.3 Å². The van der Waals surface area contributed by atoms with Crippen LogP contribution in [-0.2, 0) is 17.8 Å². The normalized spacial score (nSPS) is 16.0. The number of aliphatic imine (C=N–C) groups is 1. The summed E-state index contributed by atoms with van der Waals surface area (Å²) in [5.41, 5.74) is 2.36. The minimum Gasteiger partial charge on any atom is -0.493 e. The van der Waals surface area contributed by atoms with Gasteiger partial charge in [0, 0.05) is 51.1 Å². The molecule has 0 saturated carbocycles. The molecule has 0 bridgehead atoms. The molecule has 2 aromatic rings. The Bertz CT molecular complexity index is 889. The van der Waals surface area contributed by atoms with Gasteiger partial charge >= 0.3 is 0 Å². The van der Waals surface area contributed by atoms with Crippen LogP contribution in [0.25, 0.3) is 0 Å². The van der Waals surface area contributed by atoms with Crippen molar-refractivity contribution in [2.24, 2.45) is 16.8 Å². The minimum absolute atomic E-state index is 0. The molecular formula is C26H37IN4O2. The van der Waals surface area contributed by atoms with E-state index in [2.05, 4.69) is 47.7 Å². The van der Waals surface area contributed by atoms with Crippen LogP contribution in [0.15, 0.2) is 59.6 Å². The third-order valence-electron chi connectivity index (χ3n) is 5.58. The molecule has 0 aromatic heterocycles. The molecule has 0 radical (unpaired) electrons. The van der Waals surface area contributed by atoms with Crippen LogP contribution in [0.3, 0.4) is 0 Å². The summed E-state index contributed by atoms with van der Waals surface area (Å²) >= 11 is 0. The van der Waals surface area contributed by atoms with Crippen molar-refractivity contribution in [2.45, 2.75) is 33.2 Å². The van der Waals surface area contributed by atoms with E-state index in [9.17, 15) is 4.79 Å². The number of carbonyl (C=O) groups excluding carboxylic acids is 1. The van der Waals surface area contributed by atoms with E-state index in [1.54, 1.807) is 7.05 Å². The zero-order chi connectivity index (χ0) is 22.8. The average molecular weight is 565 g/mol. The van der Waals surface area contributed by atoms with E-state index in [0.29, 0.717) is 31.4 Å². The lowest BCUT2D eigenvalue weighted by atomic mass is 10.1. The van der Waals surface area contributed by atoms with Crippen LogP contribution in [0.4, 0.5) is 0 Å². The molecule has 7 heteroatoms. The smallest absolute Gasteiger partial charge is 0.223 e. The maximum atomic E-state index is 12.4. The first-order valence-electron chi connectivity index (χ1n) is 11.5. The van der Waals surface area contributed by atoms with Gasteiger partial charge in [-0.25, -0.2) is 0 Å². The molecule has 6 nitrogen and oxygen atoms in total. The van der Waals surface area contributed by atoms with Crippen LogP contribution in [0, 0.1) is 11.8 Å². The van der Waals surface area contributed by atoms with Crippen LogP contribution < -0.4 is 15.4 Å². The highest BCUT2D eigenvalue weighted by molar-refractivity contribution is 14.0. The highest BCUT2D eigenvalue weighted by atomic mass is 127. The van der Waals surface area contributed by atoms with Gasteiger partial charge in [-0.2, -0.15) is 0 Å². The van der Waals surface area contributed by atoms with Crippen molar-refractivity contribution in [1.29, 1.82) is 0 Å². The van der Waals surface area contributed by atoms with Gasteiger partial charge in [0.2, 0.25) is 5.91 Å². The predicted molar refractivity (Wildman–Crippen MR) is 145 cm³/mol. The van der Waals surface area contributed by atoms with Gasteiger partial charge in [-0.1, -0.05) is 62.4 Å². The van der Waals surface area contributed by atoms with E-state index in [4.69, 9.17) is 4.74 Å². The Kier molecular flexibility index (Phi) is 11.5. The van der Waals surface area contributed by atoms with Gasteiger partial charge in [0.15, 0.2) is 5.96 Å². The number of guanidine groups is 1. The number of benzene rings is 2. The summed E-state index contributed by atoms with van der Waals surface area (Å²) in [6.07, 6.45) is 1.49. The van der Waals surface area contributed by atoms with Gasteiger partial charge in [0.1, 0.15) is 5.75 Å². The molecule has 1 aliphatic heterocycles. The monoisotopic (exact) mass is 564 g/mol. The molecule has 2 N–H and O–H groups in total. The van der Waals surface area contributed by atoms with Crippen LogP contribution >= 0.6 is 24.0 Å². The predicted octanol–water partition coefficient (Wildman–Crippen LogP) is 4.10. The number of rotatable bonds is 10. The number of carbonyl (C=O) groups is 1. The maximum absolute atomic E-state index is 12.4. The Morgan fingerprint density at radius 1 is 1.12 bits per heavy atom. The minimum atomic E-state index is 0. The summed E-state index contributed by atoms with van der Waals surface area (Å²) in [6, 6.07) is 18.4. The molecule has 1 unspecified atom stereocenters. The molecule has 0 spiro atoms. The lowest BCUT2D eigenvalue weighted by Crippen LogP contribution is -2.40. The van der Waals surface area contributed by atoms with E-state index in [-0.39, 0.29) is 29.9 Å². The number of likely N-dealkylation sites (tertiary alicyclic amines) is 1. The van der Waals surface area contributed by atoms with Crippen LogP contribution in [0.5, 0.6) is 5.75 Å². The van der Waals surface area contributed by atoms with Crippen LogP contribution in [-0.4, -0.2) is 50.1 Å². The standard InChI is InChI=1S/C26H36N4O2.HI/c1-20(2)19-32-24-12-8-7-11-23(24)17-29-26(27-3)28-16-22-15-25(31)30(18-22)14-13-21-9-5-4-6-10-21;/h4-12,20,22H,13-19H2,1-3H3,(H2,27,28,29);1H. The molecule has 3 rings (SSSR count). The van der Waals surface area contributed by atoms with Crippen molar-refractivity contribution in [3.05, 3.63) is 65.7 Å². The maximum Gasteiger partial charge on any atom is 0.223 e. The van der Waals surface area contributed by atoms with Gasteiger partial charge in [-0.3, -0.25) is 9.79 Å². The number of halogens is 1. The quantitative estimate of drug-likeness (QED) is 0.259. The first kappa shape index (κ1) is 27.0. The highest BCUT2D eigenvalue weighted by Gasteiger charge is 2.29. The van der Waals surface area contributed by atoms with Crippen molar-refractivity contribution in [3.8, 4) is 5.75 Å². The van der Waals surface area contributed by atoms with Gasteiger partial charge in [0.05, 0.1) is 6.61 Å². The van der Waals surface area contributed by atoms with Crippen molar-refractivity contribution in [1.82, 2.24) is 15.5 Å². The number of amides is 1. The number of nitrogens with zero attached hydrogens (tertiary/aromatic N) is 2. The zero-order valence-corrected chi connectivity index (χ0v) is 22.3. The summed E-state index contributed by atoms with van der Waals surface area (Å²) in [5.74, 6) is 2.65. The second-order valence-electron chi connectivity index (χ2n) is 8.76. The summed E-state index contributed by atoms with van der Waals surface area (Å²) in [4.78, 5) is 18.7. The fourth-order valence-corrected chi connectivity index (χ4v) is 3.80. The number of hydrogen-bond acceptors (Lipinski definition) is 3. The van der Waals surface area contributed by atoms with Crippen LogP contribution in [0.1, 0.15) is 31.4 Å². The number of para-hydroxylation sites is 1. The summed E-state index contributed by atoms with van der Waals surface area (Å²) < 4.78 is 5.94. The topological polar surface area (TPSA) is 66.0 Å². The molecular weight excluding hydrogens is 527 g/mol. The summed E-state index contributed by atoms with van der Waals surface area (Å²) in [5, 5.41) is 6.75. The molecule has 1 amide bonds. The fourth-order valence-electron chi connectivity index (χ4n) is 3.80. The molecule has 1 heterocycles. The second kappa shape index (κ2) is 14.1. The fraction of sp³-hybridized carbons (Fsp3) is 0.462. The Hall–Kier alpha value is -2.29. The Labute approximate surface area is 215 Å². The molecule has 1 fully saturated rings. The van der Waals surface area contributed by atoms with Crippen LogP contribution in [0.2, 0.25) is 0 Å². The lowest BCUT2D eigenvalue weighted by Gasteiger charge is -2.18. The summed E-state index contributed by atoms with van der Waals surface area (Å²) in [6.45, 7) is 7.90. The van der Waals surface area contributed by atoms with Gasteiger partial charge in [0.25, 0.3) is 0 Å². The second-order valence-corrected chi connectivity index (χ2v) is 8.76.